The van der Waals surface area contributed by atoms with E-state index >= 15 is 0 Å². The minimum Gasteiger partial charge on any atom is -0.481 e. The van der Waals surface area contributed by atoms with Crippen LogP contribution in [0.4, 0.5) is 4.79 Å². The van der Waals surface area contributed by atoms with Crippen molar-refractivity contribution >= 4 is 18.0 Å². The summed E-state index contributed by atoms with van der Waals surface area (Å²) in [4.78, 5) is 38.3. The number of carboxylic acids is 1. The molecule has 0 aromatic heterocycles. The Balaban J connectivity index is 1.26. The fourth-order valence-electron chi connectivity index (χ4n) is 5.21. The first kappa shape index (κ1) is 24.7. The third kappa shape index (κ3) is 5.32. The van der Waals surface area contributed by atoms with Gasteiger partial charge in [-0.25, -0.2) is 4.79 Å². The molecule has 4 rings (SSSR count). The number of nitrogens with one attached hydrogen (secondary N) is 1. The second-order valence-electron chi connectivity index (χ2n) is 9.21. The molecule has 1 saturated heterocycles. The highest BCUT2D eigenvalue weighted by Crippen LogP contribution is 2.44. The number of aliphatic carboxylic acids is 1. The van der Waals surface area contributed by atoms with Crippen LogP contribution in [0.1, 0.15) is 43.2 Å². The maximum atomic E-state index is 12.9. The maximum Gasteiger partial charge on any atom is 0.407 e. The molecular formula is C27H32N2O6. The average molecular weight is 481 g/mol. The molecule has 0 bridgehead atoms. The van der Waals surface area contributed by atoms with E-state index in [0.29, 0.717) is 25.8 Å². The summed E-state index contributed by atoms with van der Waals surface area (Å²) in [6, 6.07) is 16.1. The van der Waals surface area contributed by atoms with E-state index in [4.69, 9.17) is 9.47 Å². The van der Waals surface area contributed by atoms with E-state index in [1.165, 1.54) is 18.2 Å². The molecule has 8 heteroatoms. The molecule has 2 aromatic rings. The van der Waals surface area contributed by atoms with E-state index in [0.717, 1.165) is 11.1 Å². The number of hydrogen-bond acceptors (Lipinski definition) is 5. The molecule has 0 saturated carbocycles. The Bertz CT molecular complexity index is 1040. The number of carbonyl (C=O) groups is 3. The minimum atomic E-state index is -0.820. The van der Waals surface area contributed by atoms with Crippen LogP contribution < -0.4 is 5.32 Å². The lowest BCUT2D eigenvalue weighted by atomic mass is 9.91. The average Bonchev–Trinajstić information content (AvgIpc) is 3.18. The number of hydrogen-bond donors (Lipinski definition) is 2. The number of likely N-dealkylation sites (tertiary alicyclic amines) is 1. The summed E-state index contributed by atoms with van der Waals surface area (Å²) < 4.78 is 10.9. The van der Waals surface area contributed by atoms with Crippen LogP contribution in [0, 0.1) is 5.92 Å². The van der Waals surface area contributed by atoms with Gasteiger partial charge < -0.3 is 24.8 Å². The topological polar surface area (TPSA) is 105 Å². The number of methoxy groups -OCH3 is 1. The van der Waals surface area contributed by atoms with Gasteiger partial charge in [-0.15, -0.1) is 0 Å². The number of amides is 2. The third-order valence-corrected chi connectivity index (χ3v) is 7.09. The van der Waals surface area contributed by atoms with Gasteiger partial charge in [0.25, 0.3) is 5.91 Å². The highest BCUT2D eigenvalue weighted by molar-refractivity contribution is 5.82. The number of nitrogens with zero attached hydrogens (tertiary/aromatic N) is 1. The van der Waals surface area contributed by atoms with Crippen LogP contribution in [0.25, 0.3) is 11.1 Å². The van der Waals surface area contributed by atoms with Crippen LogP contribution in [0.3, 0.4) is 0 Å². The summed E-state index contributed by atoms with van der Waals surface area (Å²) in [6.07, 6.45) is -0.0991. The number of rotatable bonds is 8. The predicted molar refractivity (Wildman–Crippen MR) is 130 cm³/mol. The molecule has 3 atom stereocenters. The van der Waals surface area contributed by atoms with Gasteiger partial charge in [-0.2, -0.15) is 0 Å². The number of alkyl carbamates (subject to hydrolysis) is 1. The van der Waals surface area contributed by atoms with Crippen LogP contribution in [0.2, 0.25) is 0 Å². The molecule has 0 radical (unpaired) electrons. The van der Waals surface area contributed by atoms with Crippen molar-refractivity contribution in [2.45, 2.75) is 44.2 Å². The van der Waals surface area contributed by atoms with Gasteiger partial charge in [-0.05, 0) is 42.0 Å². The van der Waals surface area contributed by atoms with Crippen molar-refractivity contribution in [3.8, 4) is 11.1 Å². The van der Waals surface area contributed by atoms with Crippen molar-refractivity contribution in [1.82, 2.24) is 10.2 Å². The molecule has 186 valence electrons. The molecule has 35 heavy (non-hydrogen) atoms. The molecule has 1 heterocycles. The standard InChI is InChI=1S/C27H32N2O6/c1-17-15-18(26(31)32)12-14-29(17)25(30)24(34-2)11-13-28-27(33)35-16-23-21-9-5-3-7-19(21)20-8-4-6-10-22(20)23/h3-10,17-18,23-24H,11-16H2,1-2H3,(H,28,33)(H,31,32). The van der Waals surface area contributed by atoms with E-state index in [9.17, 15) is 19.5 Å². The Kier molecular flexibility index (Phi) is 7.70. The van der Waals surface area contributed by atoms with Crippen molar-refractivity contribution in [1.29, 1.82) is 0 Å². The number of ether oxygens (including phenoxy) is 2. The van der Waals surface area contributed by atoms with Gasteiger partial charge in [0.15, 0.2) is 0 Å². The van der Waals surface area contributed by atoms with Crippen LogP contribution in [-0.4, -0.2) is 66.9 Å². The Morgan fingerprint density at radius 1 is 1.09 bits per heavy atom. The van der Waals surface area contributed by atoms with Gasteiger partial charge >= 0.3 is 12.1 Å². The summed E-state index contributed by atoms with van der Waals surface area (Å²) in [5, 5.41) is 12.0. The number of carboxylic acid groups (broad SMARTS) is 1. The lowest BCUT2D eigenvalue weighted by Gasteiger charge is -2.38. The zero-order valence-corrected chi connectivity index (χ0v) is 20.1. The summed E-state index contributed by atoms with van der Waals surface area (Å²) in [5.41, 5.74) is 4.63. The second-order valence-corrected chi connectivity index (χ2v) is 9.21. The molecule has 1 aliphatic heterocycles. The van der Waals surface area contributed by atoms with Crippen molar-refractivity contribution < 1.29 is 29.0 Å². The third-order valence-electron chi connectivity index (χ3n) is 7.09. The van der Waals surface area contributed by atoms with E-state index in [1.807, 2.05) is 31.2 Å². The zero-order valence-electron chi connectivity index (χ0n) is 20.1. The smallest absolute Gasteiger partial charge is 0.407 e. The minimum absolute atomic E-state index is 0.0170. The summed E-state index contributed by atoms with van der Waals surface area (Å²) >= 11 is 0. The molecule has 2 amide bonds. The molecule has 1 fully saturated rings. The first-order valence-electron chi connectivity index (χ1n) is 12.1. The molecule has 3 unspecified atom stereocenters. The molecule has 1 aliphatic carbocycles. The van der Waals surface area contributed by atoms with Crippen LogP contribution in [0.15, 0.2) is 48.5 Å². The van der Waals surface area contributed by atoms with Crippen LogP contribution >= 0.6 is 0 Å². The van der Waals surface area contributed by atoms with Crippen molar-refractivity contribution in [2.75, 3.05) is 26.8 Å². The second kappa shape index (κ2) is 10.9. The molecule has 2 aliphatic rings. The van der Waals surface area contributed by atoms with Crippen molar-refractivity contribution in [3.63, 3.8) is 0 Å². The highest BCUT2D eigenvalue weighted by atomic mass is 16.5. The van der Waals surface area contributed by atoms with Gasteiger partial charge in [0, 0.05) is 38.6 Å². The van der Waals surface area contributed by atoms with Crippen LogP contribution in [0.5, 0.6) is 0 Å². The molecule has 8 nitrogen and oxygen atoms in total. The van der Waals surface area contributed by atoms with Gasteiger partial charge in [-0.3, -0.25) is 9.59 Å². The summed E-state index contributed by atoms with van der Waals surface area (Å²) in [5.74, 6) is -1.44. The van der Waals surface area contributed by atoms with E-state index in [-0.39, 0.29) is 31.0 Å². The predicted octanol–water partition coefficient (Wildman–Crippen LogP) is 3.64. The highest BCUT2D eigenvalue weighted by Gasteiger charge is 2.35. The molecule has 2 N–H and O–H groups in total. The number of benzene rings is 2. The number of carbonyl (C=O) groups excluding carboxylic acids is 2. The van der Waals surface area contributed by atoms with E-state index < -0.39 is 24.1 Å². The normalized spacial score (nSPS) is 20.0. The van der Waals surface area contributed by atoms with Crippen LogP contribution in [-0.2, 0) is 19.1 Å². The summed E-state index contributed by atoms with van der Waals surface area (Å²) in [6.45, 7) is 2.69. The van der Waals surface area contributed by atoms with Gasteiger partial charge in [-0.1, -0.05) is 48.5 Å². The largest absolute Gasteiger partial charge is 0.481 e. The monoisotopic (exact) mass is 480 g/mol. The fourth-order valence-corrected chi connectivity index (χ4v) is 5.21. The van der Waals surface area contributed by atoms with E-state index in [1.54, 1.807) is 4.90 Å². The maximum absolute atomic E-state index is 12.9. The zero-order chi connectivity index (χ0) is 24.9. The first-order valence-corrected chi connectivity index (χ1v) is 12.1. The molecular weight excluding hydrogens is 448 g/mol. The SMILES string of the molecule is COC(CCNC(=O)OCC1c2ccccc2-c2ccccc21)C(=O)N1CCC(C(=O)O)CC1C. The lowest BCUT2D eigenvalue weighted by molar-refractivity contribution is -0.152. The van der Waals surface area contributed by atoms with Crippen molar-refractivity contribution in [3.05, 3.63) is 59.7 Å². The van der Waals surface area contributed by atoms with Crippen molar-refractivity contribution in [2.24, 2.45) is 5.92 Å². The van der Waals surface area contributed by atoms with Gasteiger partial charge in [0.2, 0.25) is 0 Å². The quantitative estimate of drug-likeness (QED) is 0.598. The lowest BCUT2D eigenvalue weighted by Crippen LogP contribution is -2.50. The Hall–Kier alpha value is -3.39. The first-order chi connectivity index (χ1) is 16.9. The van der Waals surface area contributed by atoms with E-state index in [2.05, 4.69) is 29.6 Å². The van der Waals surface area contributed by atoms with Gasteiger partial charge in [0.1, 0.15) is 12.7 Å². The molecule has 2 aromatic carbocycles. The Labute approximate surface area is 205 Å². The Morgan fingerprint density at radius 3 is 2.29 bits per heavy atom. The number of piperidine rings is 1. The summed E-state index contributed by atoms with van der Waals surface area (Å²) in [7, 11) is 1.46. The number of fused-ring (bicyclic) bond motifs is 3. The fraction of sp³-hybridized carbons (Fsp3) is 0.444. The molecule has 0 spiro atoms. The Morgan fingerprint density at radius 2 is 1.71 bits per heavy atom. The van der Waals surface area contributed by atoms with Gasteiger partial charge in [0.05, 0.1) is 5.92 Å².